The highest BCUT2D eigenvalue weighted by Crippen LogP contribution is 2.36. The Kier molecular flexibility index (Phi) is 5.94. The normalized spacial score (nSPS) is 11.1. The number of hydrogen-bond donors (Lipinski definition) is 1. The Balaban J connectivity index is 1.78. The Hall–Kier alpha value is -3.72. The lowest BCUT2D eigenvalue weighted by molar-refractivity contribution is 0.0521. The summed E-state index contributed by atoms with van der Waals surface area (Å²) in [6.45, 7) is 2.90. The van der Waals surface area contributed by atoms with Crippen LogP contribution in [0.4, 0.5) is 0 Å². The van der Waals surface area contributed by atoms with Crippen molar-refractivity contribution in [1.29, 1.82) is 0 Å². The maximum atomic E-state index is 12.1. The van der Waals surface area contributed by atoms with Crippen LogP contribution in [0.3, 0.4) is 0 Å². The molecule has 4 aromatic rings. The van der Waals surface area contributed by atoms with Gasteiger partial charge in [0.05, 0.1) is 37.6 Å². The van der Waals surface area contributed by atoms with Crippen LogP contribution in [-0.2, 0) is 9.47 Å². The summed E-state index contributed by atoms with van der Waals surface area (Å²) in [6, 6.07) is 9.34. The molecule has 0 radical (unpaired) electrons. The van der Waals surface area contributed by atoms with Crippen molar-refractivity contribution in [3.8, 4) is 22.6 Å². The van der Waals surface area contributed by atoms with E-state index in [-0.39, 0.29) is 12.3 Å². The number of carbonyl (C=O) groups is 1. The largest absolute Gasteiger partial charge is 0.493 e. The van der Waals surface area contributed by atoms with Crippen LogP contribution < -0.4 is 9.47 Å². The van der Waals surface area contributed by atoms with Crippen LogP contribution in [0.2, 0.25) is 0 Å². The molecule has 2 heterocycles. The van der Waals surface area contributed by atoms with E-state index in [1.54, 1.807) is 33.4 Å². The topological polar surface area (TPSA) is 108 Å². The molecule has 9 heteroatoms. The fraction of sp³-hybridized carbons (Fsp3) is 0.273. The SMILES string of the molecule is CCOC(=O)c1n[nH]c2cc(-c3cnnc4cc(OC)c(OCCOC)cc34)ccc12. The van der Waals surface area contributed by atoms with Crippen molar-refractivity contribution in [3.63, 3.8) is 0 Å². The van der Waals surface area contributed by atoms with Gasteiger partial charge in [-0.25, -0.2) is 4.79 Å². The molecule has 0 bridgehead atoms. The number of rotatable bonds is 8. The molecule has 2 aromatic heterocycles. The maximum Gasteiger partial charge on any atom is 0.359 e. The van der Waals surface area contributed by atoms with Gasteiger partial charge in [0.15, 0.2) is 17.2 Å². The van der Waals surface area contributed by atoms with Crippen LogP contribution in [0.25, 0.3) is 32.9 Å². The van der Waals surface area contributed by atoms with Gasteiger partial charge in [0.25, 0.3) is 0 Å². The molecule has 0 unspecified atom stereocenters. The highest BCUT2D eigenvalue weighted by molar-refractivity contribution is 6.04. The lowest BCUT2D eigenvalue weighted by Crippen LogP contribution is -2.05. The van der Waals surface area contributed by atoms with E-state index in [1.165, 1.54) is 0 Å². The molecule has 9 nitrogen and oxygen atoms in total. The summed E-state index contributed by atoms with van der Waals surface area (Å²) in [5.74, 6) is 0.703. The van der Waals surface area contributed by atoms with Gasteiger partial charge in [0, 0.05) is 29.5 Å². The zero-order valence-corrected chi connectivity index (χ0v) is 17.5. The number of carbonyl (C=O) groups excluding carboxylic acids is 1. The van der Waals surface area contributed by atoms with Gasteiger partial charge < -0.3 is 18.9 Å². The van der Waals surface area contributed by atoms with Crippen LogP contribution in [0.15, 0.2) is 36.5 Å². The highest BCUT2D eigenvalue weighted by atomic mass is 16.5. The molecule has 0 saturated heterocycles. The Morgan fingerprint density at radius 2 is 1.94 bits per heavy atom. The summed E-state index contributed by atoms with van der Waals surface area (Å²) >= 11 is 0. The number of aromatic nitrogens is 4. The van der Waals surface area contributed by atoms with Gasteiger partial charge in [-0.05, 0) is 30.7 Å². The molecule has 0 amide bonds. The van der Waals surface area contributed by atoms with Gasteiger partial charge in [-0.2, -0.15) is 15.3 Å². The number of benzene rings is 2. The lowest BCUT2D eigenvalue weighted by atomic mass is 10.0. The minimum Gasteiger partial charge on any atom is -0.493 e. The molecular formula is C22H22N4O5. The summed E-state index contributed by atoms with van der Waals surface area (Å²) in [4.78, 5) is 12.1. The fourth-order valence-electron chi connectivity index (χ4n) is 3.35. The molecule has 0 saturated carbocycles. The first-order chi connectivity index (χ1) is 15.2. The summed E-state index contributed by atoms with van der Waals surface area (Å²) in [5.41, 5.74) is 3.40. The molecule has 0 atom stereocenters. The molecule has 0 spiro atoms. The van der Waals surface area contributed by atoms with Crippen LogP contribution in [0, 0.1) is 0 Å². The van der Waals surface area contributed by atoms with Crippen molar-refractivity contribution < 1.29 is 23.7 Å². The summed E-state index contributed by atoms with van der Waals surface area (Å²) < 4.78 is 21.4. The van der Waals surface area contributed by atoms with E-state index in [1.807, 2.05) is 24.3 Å². The second-order valence-corrected chi connectivity index (χ2v) is 6.67. The number of nitrogens with zero attached hydrogens (tertiary/aromatic N) is 3. The predicted octanol–water partition coefficient (Wildman–Crippen LogP) is 3.38. The number of ether oxygens (including phenoxy) is 4. The third kappa shape index (κ3) is 3.99. The third-order valence-electron chi connectivity index (χ3n) is 4.81. The van der Waals surface area contributed by atoms with E-state index in [4.69, 9.17) is 18.9 Å². The minimum absolute atomic E-state index is 0.264. The standard InChI is InChI=1S/C22H22N4O5/c1-4-30-22(27)21-14-6-5-13(9-17(14)25-26-21)16-12-23-24-18-11-19(29-3)20(10-15(16)18)31-8-7-28-2/h5-6,9-12H,4,7-8H2,1-3H3,(H,25,26). The number of hydrogen-bond acceptors (Lipinski definition) is 8. The number of esters is 1. The van der Waals surface area contributed by atoms with Crippen LogP contribution in [0.1, 0.15) is 17.4 Å². The first-order valence-corrected chi connectivity index (χ1v) is 9.77. The van der Waals surface area contributed by atoms with Crippen molar-refractivity contribution in [2.45, 2.75) is 6.92 Å². The Bertz CT molecular complexity index is 1240. The van der Waals surface area contributed by atoms with Crippen LogP contribution in [-0.4, -0.2) is 60.4 Å². The molecule has 1 N–H and O–H groups in total. The average molecular weight is 422 g/mol. The van der Waals surface area contributed by atoms with E-state index in [9.17, 15) is 4.79 Å². The molecule has 4 rings (SSSR count). The van der Waals surface area contributed by atoms with E-state index >= 15 is 0 Å². The monoisotopic (exact) mass is 422 g/mol. The molecule has 0 fully saturated rings. The number of methoxy groups -OCH3 is 2. The van der Waals surface area contributed by atoms with Crippen molar-refractivity contribution in [3.05, 3.63) is 42.2 Å². The second-order valence-electron chi connectivity index (χ2n) is 6.67. The fourth-order valence-corrected chi connectivity index (χ4v) is 3.35. The number of nitrogens with one attached hydrogen (secondary N) is 1. The van der Waals surface area contributed by atoms with Crippen LogP contribution in [0.5, 0.6) is 11.5 Å². The molecule has 0 aliphatic rings. The van der Waals surface area contributed by atoms with Crippen molar-refractivity contribution in [2.75, 3.05) is 34.0 Å². The Morgan fingerprint density at radius 3 is 2.71 bits per heavy atom. The molecule has 0 aliphatic carbocycles. The summed E-state index contributed by atoms with van der Waals surface area (Å²) in [6.07, 6.45) is 1.69. The summed E-state index contributed by atoms with van der Waals surface area (Å²) in [5, 5.41) is 16.9. The maximum absolute atomic E-state index is 12.1. The van der Waals surface area contributed by atoms with E-state index < -0.39 is 5.97 Å². The van der Waals surface area contributed by atoms with Gasteiger partial charge in [-0.1, -0.05) is 6.07 Å². The highest BCUT2D eigenvalue weighted by Gasteiger charge is 2.17. The van der Waals surface area contributed by atoms with Gasteiger partial charge in [-0.15, -0.1) is 0 Å². The molecular weight excluding hydrogens is 400 g/mol. The van der Waals surface area contributed by atoms with Gasteiger partial charge in [0.2, 0.25) is 0 Å². The lowest BCUT2D eigenvalue weighted by Gasteiger charge is -2.13. The van der Waals surface area contributed by atoms with E-state index in [2.05, 4.69) is 20.4 Å². The van der Waals surface area contributed by atoms with Gasteiger partial charge >= 0.3 is 5.97 Å². The van der Waals surface area contributed by atoms with Gasteiger partial charge in [0.1, 0.15) is 6.61 Å². The quantitative estimate of drug-likeness (QED) is 0.340. The van der Waals surface area contributed by atoms with Crippen molar-refractivity contribution >= 4 is 27.8 Å². The molecule has 0 aliphatic heterocycles. The number of fused-ring (bicyclic) bond motifs is 2. The molecule has 31 heavy (non-hydrogen) atoms. The number of aromatic amines is 1. The van der Waals surface area contributed by atoms with E-state index in [0.717, 1.165) is 22.0 Å². The predicted molar refractivity (Wildman–Crippen MR) is 115 cm³/mol. The third-order valence-corrected chi connectivity index (χ3v) is 4.81. The first kappa shape index (κ1) is 20.5. The minimum atomic E-state index is -0.456. The smallest absolute Gasteiger partial charge is 0.359 e. The Labute approximate surface area is 178 Å². The molecule has 2 aromatic carbocycles. The average Bonchev–Trinajstić information content (AvgIpc) is 3.22. The zero-order chi connectivity index (χ0) is 21.8. The zero-order valence-electron chi connectivity index (χ0n) is 17.5. The van der Waals surface area contributed by atoms with E-state index in [0.29, 0.717) is 35.6 Å². The second kappa shape index (κ2) is 8.97. The van der Waals surface area contributed by atoms with Crippen molar-refractivity contribution in [1.82, 2.24) is 20.4 Å². The molecule has 160 valence electrons. The summed E-state index contributed by atoms with van der Waals surface area (Å²) in [7, 11) is 3.20. The first-order valence-electron chi connectivity index (χ1n) is 9.77. The number of H-pyrrole nitrogens is 1. The van der Waals surface area contributed by atoms with Gasteiger partial charge in [-0.3, -0.25) is 5.10 Å². The Morgan fingerprint density at radius 1 is 1.06 bits per heavy atom. The van der Waals surface area contributed by atoms with Crippen molar-refractivity contribution in [2.24, 2.45) is 0 Å². The van der Waals surface area contributed by atoms with Crippen LogP contribution >= 0.6 is 0 Å².